The number of carboxylic acids is 1. The maximum absolute atomic E-state index is 12.2. The van der Waals surface area contributed by atoms with Crippen molar-refractivity contribution in [2.75, 3.05) is 19.6 Å². The average Bonchev–Trinajstić information content (AvgIpc) is 3.12. The largest absolute Gasteiger partial charge is 0.480 e. The Kier molecular flexibility index (Phi) is 3.99. The first-order chi connectivity index (χ1) is 8.16. The van der Waals surface area contributed by atoms with Crippen LogP contribution in [0.25, 0.3) is 0 Å². The van der Waals surface area contributed by atoms with Crippen molar-refractivity contribution in [2.24, 2.45) is 5.92 Å². The molecule has 1 aliphatic heterocycles. The Bertz CT molecular complexity index is 296. The van der Waals surface area contributed by atoms with E-state index in [4.69, 9.17) is 5.11 Å². The highest BCUT2D eigenvalue weighted by atomic mass is 16.4. The van der Waals surface area contributed by atoms with Crippen molar-refractivity contribution in [1.82, 2.24) is 10.2 Å². The van der Waals surface area contributed by atoms with Gasteiger partial charge in [0.25, 0.3) is 0 Å². The molecular formula is C12H20N2O3. The fourth-order valence-corrected chi connectivity index (χ4v) is 2.29. The first-order valence-electron chi connectivity index (χ1n) is 6.41. The minimum Gasteiger partial charge on any atom is -0.480 e. The van der Waals surface area contributed by atoms with Crippen molar-refractivity contribution >= 4 is 11.9 Å². The fraction of sp³-hybridized carbons (Fsp3) is 0.833. The molecule has 0 radical (unpaired) electrons. The highest BCUT2D eigenvalue weighted by Crippen LogP contribution is 2.30. The molecule has 5 heteroatoms. The van der Waals surface area contributed by atoms with Crippen LogP contribution in [0.5, 0.6) is 0 Å². The molecule has 5 nitrogen and oxygen atoms in total. The van der Waals surface area contributed by atoms with E-state index in [1.54, 1.807) is 0 Å². The summed E-state index contributed by atoms with van der Waals surface area (Å²) < 4.78 is 0. The zero-order valence-corrected chi connectivity index (χ0v) is 10.0. The standard InChI is InChI=1S/C12H20N2O3/c15-11(16)8-14(7-9-4-5-9)12(17)10-3-1-2-6-13-10/h9-10,13H,1-8H2,(H,15,16)/t10-/m0/s1. The maximum Gasteiger partial charge on any atom is 0.323 e. The van der Waals surface area contributed by atoms with E-state index in [1.807, 2.05) is 0 Å². The topological polar surface area (TPSA) is 69.6 Å². The Morgan fingerprint density at radius 2 is 2.00 bits per heavy atom. The summed E-state index contributed by atoms with van der Waals surface area (Å²) in [7, 11) is 0. The van der Waals surface area contributed by atoms with Gasteiger partial charge in [0.15, 0.2) is 0 Å². The van der Waals surface area contributed by atoms with Crippen molar-refractivity contribution in [1.29, 1.82) is 0 Å². The van der Waals surface area contributed by atoms with Crippen LogP contribution >= 0.6 is 0 Å². The van der Waals surface area contributed by atoms with Gasteiger partial charge in [0.1, 0.15) is 6.54 Å². The van der Waals surface area contributed by atoms with Gasteiger partial charge >= 0.3 is 5.97 Å². The lowest BCUT2D eigenvalue weighted by atomic mass is 10.0. The number of nitrogens with one attached hydrogen (secondary N) is 1. The van der Waals surface area contributed by atoms with E-state index in [1.165, 1.54) is 4.90 Å². The number of carbonyl (C=O) groups excluding carboxylic acids is 1. The SMILES string of the molecule is O=C(O)CN(CC1CC1)C(=O)[C@@H]1CCCCN1. The van der Waals surface area contributed by atoms with Gasteiger partial charge in [-0.25, -0.2) is 0 Å². The van der Waals surface area contributed by atoms with E-state index in [-0.39, 0.29) is 18.5 Å². The predicted octanol–water partition coefficient (Wildman–Crippen LogP) is 0.452. The summed E-state index contributed by atoms with van der Waals surface area (Å²) >= 11 is 0. The normalized spacial score (nSPS) is 24.4. The zero-order chi connectivity index (χ0) is 12.3. The van der Waals surface area contributed by atoms with Crippen LogP contribution in [-0.2, 0) is 9.59 Å². The van der Waals surface area contributed by atoms with E-state index in [9.17, 15) is 9.59 Å². The Labute approximate surface area is 101 Å². The van der Waals surface area contributed by atoms with Gasteiger partial charge in [0.05, 0.1) is 6.04 Å². The van der Waals surface area contributed by atoms with Crippen LogP contribution in [-0.4, -0.2) is 47.6 Å². The Morgan fingerprint density at radius 3 is 2.53 bits per heavy atom. The lowest BCUT2D eigenvalue weighted by Crippen LogP contribution is -2.50. The molecule has 2 N–H and O–H groups in total. The summed E-state index contributed by atoms with van der Waals surface area (Å²) in [6, 6.07) is -0.165. The summed E-state index contributed by atoms with van der Waals surface area (Å²) in [5.74, 6) is -0.421. The molecule has 1 aliphatic carbocycles. The molecule has 2 aliphatic rings. The molecule has 1 saturated heterocycles. The van der Waals surface area contributed by atoms with Crippen molar-refractivity contribution in [2.45, 2.75) is 38.1 Å². The minimum absolute atomic E-state index is 0.0287. The first kappa shape index (κ1) is 12.4. The van der Waals surface area contributed by atoms with Gasteiger partial charge in [0, 0.05) is 6.54 Å². The zero-order valence-electron chi connectivity index (χ0n) is 10.0. The highest BCUT2D eigenvalue weighted by Gasteiger charge is 2.31. The van der Waals surface area contributed by atoms with Crippen molar-refractivity contribution in [3.8, 4) is 0 Å². The van der Waals surface area contributed by atoms with E-state index in [0.29, 0.717) is 12.5 Å². The third-order valence-electron chi connectivity index (χ3n) is 3.42. The van der Waals surface area contributed by atoms with Crippen LogP contribution in [0, 0.1) is 5.92 Å². The van der Waals surface area contributed by atoms with Gasteiger partial charge in [-0.15, -0.1) is 0 Å². The second-order valence-corrected chi connectivity index (χ2v) is 5.06. The summed E-state index contributed by atoms with van der Waals surface area (Å²) in [5.41, 5.74) is 0. The molecule has 0 aromatic rings. The molecule has 1 saturated carbocycles. The fourth-order valence-electron chi connectivity index (χ4n) is 2.29. The van der Waals surface area contributed by atoms with Gasteiger partial charge < -0.3 is 15.3 Å². The van der Waals surface area contributed by atoms with Gasteiger partial charge in [-0.3, -0.25) is 9.59 Å². The first-order valence-corrected chi connectivity index (χ1v) is 6.41. The van der Waals surface area contributed by atoms with Crippen LogP contribution in [0.4, 0.5) is 0 Å². The number of carboxylic acid groups (broad SMARTS) is 1. The smallest absolute Gasteiger partial charge is 0.323 e. The molecule has 0 aromatic heterocycles. The Balaban J connectivity index is 1.91. The molecule has 96 valence electrons. The second kappa shape index (κ2) is 5.49. The second-order valence-electron chi connectivity index (χ2n) is 5.06. The summed E-state index contributed by atoms with van der Waals surface area (Å²) in [4.78, 5) is 24.5. The number of nitrogens with zero attached hydrogens (tertiary/aromatic N) is 1. The van der Waals surface area contributed by atoms with Crippen LogP contribution in [0.15, 0.2) is 0 Å². The summed E-state index contributed by atoms with van der Waals surface area (Å²) in [6.45, 7) is 1.32. The minimum atomic E-state index is -0.921. The number of hydrogen-bond donors (Lipinski definition) is 2. The third-order valence-corrected chi connectivity index (χ3v) is 3.42. The van der Waals surface area contributed by atoms with Crippen molar-refractivity contribution in [3.05, 3.63) is 0 Å². The maximum atomic E-state index is 12.2. The molecule has 0 aromatic carbocycles. The van der Waals surface area contributed by atoms with Crippen LogP contribution in [0.2, 0.25) is 0 Å². The molecule has 1 amide bonds. The van der Waals surface area contributed by atoms with Gasteiger partial charge in [-0.05, 0) is 38.1 Å². The van der Waals surface area contributed by atoms with Gasteiger partial charge in [-0.1, -0.05) is 6.42 Å². The molecular weight excluding hydrogens is 220 g/mol. The summed E-state index contributed by atoms with van der Waals surface area (Å²) in [6.07, 6.45) is 5.24. The molecule has 17 heavy (non-hydrogen) atoms. The predicted molar refractivity (Wildman–Crippen MR) is 62.6 cm³/mol. The van der Waals surface area contributed by atoms with Crippen LogP contribution in [0.1, 0.15) is 32.1 Å². The number of rotatable bonds is 5. The average molecular weight is 240 g/mol. The highest BCUT2D eigenvalue weighted by molar-refractivity contribution is 5.85. The molecule has 0 unspecified atom stereocenters. The number of amides is 1. The van der Waals surface area contributed by atoms with E-state index in [0.717, 1.165) is 38.6 Å². The molecule has 0 bridgehead atoms. The number of aliphatic carboxylic acids is 1. The molecule has 0 spiro atoms. The van der Waals surface area contributed by atoms with Crippen LogP contribution in [0.3, 0.4) is 0 Å². The van der Waals surface area contributed by atoms with E-state index >= 15 is 0 Å². The van der Waals surface area contributed by atoms with Crippen LogP contribution < -0.4 is 5.32 Å². The number of hydrogen-bond acceptors (Lipinski definition) is 3. The monoisotopic (exact) mass is 240 g/mol. The molecule has 1 heterocycles. The number of carbonyl (C=O) groups is 2. The summed E-state index contributed by atoms with van der Waals surface area (Å²) in [5, 5.41) is 12.0. The third kappa shape index (κ3) is 3.70. The van der Waals surface area contributed by atoms with E-state index < -0.39 is 5.97 Å². The molecule has 2 fully saturated rings. The lowest BCUT2D eigenvalue weighted by Gasteiger charge is -2.29. The van der Waals surface area contributed by atoms with E-state index in [2.05, 4.69) is 5.32 Å². The van der Waals surface area contributed by atoms with Gasteiger partial charge in [-0.2, -0.15) is 0 Å². The Morgan fingerprint density at radius 1 is 1.24 bits per heavy atom. The Hall–Kier alpha value is -1.10. The van der Waals surface area contributed by atoms with Crippen molar-refractivity contribution < 1.29 is 14.7 Å². The molecule has 2 rings (SSSR count). The number of piperidine rings is 1. The molecule has 1 atom stereocenters. The van der Waals surface area contributed by atoms with Crippen molar-refractivity contribution in [3.63, 3.8) is 0 Å². The van der Waals surface area contributed by atoms with Gasteiger partial charge in [0.2, 0.25) is 5.91 Å². The quantitative estimate of drug-likeness (QED) is 0.732. The lowest BCUT2D eigenvalue weighted by molar-refractivity contribution is -0.145.